The van der Waals surface area contributed by atoms with Crippen LogP contribution in [0, 0.1) is 11.8 Å². The number of anilines is 2. The predicted molar refractivity (Wildman–Crippen MR) is 224 cm³/mol. The Hall–Kier alpha value is -5.29. The Morgan fingerprint density at radius 2 is 1.53 bits per heavy atom. The minimum atomic E-state index is -0.589. The Kier molecular flexibility index (Phi) is 10.9. The van der Waals surface area contributed by atoms with Crippen LogP contribution in [0.5, 0.6) is 5.75 Å². The van der Waals surface area contributed by atoms with Gasteiger partial charge in [-0.05, 0) is 98.2 Å². The Bertz CT molecular complexity index is 2100. The van der Waals surface area contributed by atoms with Gasteiger partial charge in [-0.25, -0.2) is 0 Å². The first kappa shape index (κ1) is 38.2. The number of imide groups is 1. The van der Waals surface area contributed by atoms with Gasteiger partial charge in [0.15, 0.2) is 0 Å². The molecule has 5 aliphatic rings. The van der Waals surface area contributed by atoms with Crippen molar-refractivity contribution in [3.8, 4) is 17.0 Å². The molecule has 302 valence electrons. The van der Waals surface area contributed by atoms with Crippen LogP contribution >= 0.6 is 0 Å². The molecule has 0 spiro atoms. The summed E-state index contributed by atoms with van der Waals surface area (Å²) >= 11 is 0. The van der Waals surface area contributed by atoms with Crippen LogP contribution in [0.4, 0.5) is 11.4 Å². The minimum Gasteiger partial charge on any atom is -0.507 e. The first-order valence-corrected chi connectivity index (χ1v) is 21.5. The highest BCUT2D eigenvalue weighted by atomic mass is 16.3. The molecule has 3 atom stereocenters. The van der Waals surface area contributed by atoms with Crippen molar-refractivity contribution in [1.29, 1.82) is 0 Å². The van der Waals surface area contributed by atoms with Gasteiger partial charge in [0, 0.05) is 76.1 Å². The van der Waals surface area contributed by atoms with Gasteiger partial charge in [-0.15, -0.1) is 0 Å². The molecule has 3 amide bonds. The fourth-order valence-corrected chi connectivity index (χ4v) is 10.6. The molecule has 5 aliphatic heterocycles. The van der Waals surface area contributed by atoms with Crippen molar-refractivity contribution < 1.29 is 19.5 Å². The number of nitrogens with zero attached hydrogens (tertiary/aromatic N) is 6. The number of phenolic OH excluding ortho intramolecular Hbond substituents is 1. The number of phenols is 1. The molecule has 58 heavy (non-hydrogen) atoms. The lowest BCUT2D eigenvalue weighted by atomic mass is 9.71. The maximum atomic E-state index is 15.3. The average Bonchev–Trinajstić information content (AvgIpc) is 3.56. The van der Waals surface area contributed by atoms with Crippen molar-refractivity contribution in [2.45, 2.75) is 75.2 Å². The summed E-state index contributed by atoms with van der Waals surface area (Å²) in [5.41, 5.74) is 4.95. The van der Waals surface area contributed by atoms with Gasteiger partial charge in [-0.3, -0.25) is 19.7 Å². The van der Waals surface area contributed by atoms with Crippen molar-refractivity contribution in [3.05, 3.63) is 102 Å². The van der Waals surface area contributed by atoms with Crippen LogP contribution in [0.25, 0.3) is 11.3 Å². The van der Waals surface area contributed by atoms with Crippen LogP contribution in [0.3, 0.4) is 0 Å². The van der Waals surface area contributed by atoms with Gasteiger partial charge >= 0.3 is 0 Å². The summed E-state index contributed by atoms with van der Waals surface area (Å²) < 4.78 is 0. The van der Waals surface area contributed by atoms with E-state index in [1.54, 1.807) is 18.3 Å². The van der Waals surface area contributed by atoms with Crippen LogP contribution in [0.15, 0.2) is 91.1 Å². The number of likely N-dealkylation sites (tertiary alicyclic amines) is 1. The average molecular weight is 782 g/mol. The van der Waals surface area contributed by atoms with E-state index >= 15 is 4.79 Å². The molecule has 0 saturated carbocycles. The zero-order valence-corrected chi connectivity index (χ0v) is 33.3. The molecule has 5 saturated heterocycles. The quantitative estimate of drug-likeness (QED) is 0.203. The smallest absolute Gasteiger partial charge is 0.234 e. The molecule has 2 N–H and O–H groups in total. The van der Waals surface area contributed by atoms with Crippen molar-refractivity contribution in [1.82, 2.24) is 25.3 Å². The van der Waals surface area contributed by atoms with Crippen molar-refractivity contribution in [3.63, 3.8) is 0 Å². The number of hydrogen-bond acceptors (Lipinski definition) is 9. The molecule has 3 aromatic carbocycles. The van der Waals surface area contributed by atoms with Crippen molar-refractivity contribution >= 4 is 29.1 Å². The second kappa shape index (κ2) is 16.5. The fraction of sp³-hybridized carbons (Fsp3) is 0.468. The maximum absolute atomic E-state index is 15.3. The van der Waals surface area contributed by atoms with E-state index in [-0.39, 0.29) is 29.5 Å². The minimum absolute atomic E-state index is 0.179. The molecule has 11 nitrogen and oxygen atoms in total. The van der Waals surface area contributed by atoms with E-state index < -0.39 is 5.41 Å². The predicted octanol–water partition coefficient (Wildman–Crippen LogP) is 6.14. The van der Waals surface area contributed by atoms with Crippen LogP contribution < -0.4 is 15.1 Å². The highest BCUT2D eigenvalue weighted by Gasteiger charge is 2.48. The van der Waals surface area contributed by atoms with Gasteiger partial charge in [0.05, 0.1) is 28.9 Å². The molecule has 4 aromatic rings. The van der Waals surface area contributed by atoms with Gasteiger partial charge in [0.2, 0.25) is 17.7 Å². The molecule has 9 rings (SSSR count). The number of nitrogens with one attached hydrogen (secondary N) is 1. The molecule has 2 unspecified atom stereocenters. The monoisotopic (exact) mass is 781 g/mol. The zero-order valence-electron chi connectivity index (χ0n) is 33.3. The van der Waals surface area contributed by atoms with Crippen LogP contribution in [0.1, 0.15) is 74.8 Å². The Labute approximate surface area is 341 Å². The van der Waals surface area contributed by atoms with E-state index in [4.69, 9.17) is 0 Å². The van der Waals surface area contributed by atoms with Gasteiger partial charge in [0.25, 0.3) is 0 Å². The summed E-state index contributed by atoms with van der Waals surface area (Å²) in [7, 11) is 0. The van der Waals surface area contributed by atoms with Crippen LogP contribution in [-0.2, 0) is 19.8 Å². The number of aromatic nitrogens is 2. The second-order valence-corrected chi connectivity index (χ2v) is 17.4. The largest absolute Gasteiger partial charge is 0.507 e. The number of aromatic hydroxyl groups is 1. The van der Waals surface area contributed by atoms with E-state index in [1.165, 1.54) is 18.5 Å². The SMILES string of the molecule is O=C1CC[C@H](c2ccc(N3CCC(CN4CC5CCCC(C4)N(C(=O)C4(c6ccccc6)CCN(c6cnnc(-c7ccccc7O)c6)CC4)C5)CC3)cc2)C(=O)N1. The molecule has 0 aliphatic carbocycles. The zero-order chi connectivity index (χ0) is 39.6. The van der Waals surface area contributed by atoms with E-state index in [0.29, 0.717) is 41.8 Å². The number of carbonyl (C=O) groups excluding carboxylic acids is 3. The normalized spacial score (nSPS) is 24.3. The molecule has 11 heteroatoms. The van der Waals surface area contributed by atoms with Crippen molar-refractivity contribution in [2.24, 2.45) is 11.8 Å². The summed E-state index contributed by atoms with van der Waals surface area (Å²) in [6.07, 6.45) is 9.87. The van der Waals surface area contributed by atoms with Crippen molar-refractivity contribution in [2.75, 3.05) is 62.2 Å². The first-order valence-electron chi connectivity index (χ1n) is 21.5. The number of piperidine rings is 3. The molecule has 1 aromatic heterocycles. The van der Waals surface area contributed by atoms with E-state index in [0.717, 1.165) is 101 Å². The second-order valence-electron chi connectivity index (χ2n) is 17.4. The van der Waals surface area contributed by atoms with Gasteiger partial charge < -0.3 is 24.7 Å². The number of para-hydroxylation sites is 1. The summed E-state index contributed by atoms with van der Waals surface area (Å²) in [5.74, 6) is 0.959. The first-order chi connectivity index (χ1) is 28.3. The molecule has 2 bridgehead atoms. The lowest BCUT2D eigenvalue weighted by Gasteiger charge is -2.45. The molecule has 5 fully saturated rings. The molecule has 6 heterocycles. The highest BCUT2D eigenvalue weighted by Crippen LogP contribution is 2.42. The highest BCUT2D eigenvalue weighted by molar-refractivity contribution is 6.01. The standard InChI is InChI=1S/C47H55N7O4/c55-43-12-5-4-11-41(43)42-27-39(28-48-50-42)53-25-21-47(22-26-53,36-8-2-1-3-9-36)46(58)54-31-34-7-6-10-38(54)32-51(30-34)29-33-19-23-52(24-20-33)37-15-13-35(14-16-37)40-17-18-44(56)49-45(40)57/h1-5,8-9,11-16,27-28,33-34,38,40,55H,6-7,10,17-26,29-32H2,(H,49,56,57)/t34?,38?,40-/m1/s1. The maximum Gasteiger partial charge on any atom is 0.234 e. The molecular weight excluding hydrogens is 727 g/mol. The summed E-state index contributed by atoms with van der Waals surface area (Å²) in [5, 5.41) is 21.6. The topological polar surface area (TPSA) is 122 Å². The lowest BCUT2D eigenvalue weighted by molar-refractivity contribution is -0.141. The summed E-state index contributed by atoms with van der Waals surface area (Å²) in [6.45, 7) is 7.39. The van der Waals surface area contributed by atoms with Gasteiger partial charge in [0.1, 0.15) is 5.75 Å². The molecular formula is C47H55N7O4. The third-order valence-corrected chi connectivity index (χ3v) is 13.9. The van der Waals surface area contributed by atoms with E-state index in [1.807, 2.05) is 24.3 Å². The number of amides is 3. The third kappa shape index (κ3) is 7.80. The molecule has 0 radical (unpaired) electrons. The lowest BCUT2D eigenvalue weighted by Crippen LogP contribution is -2.56. The Morgan fingerprint density at radius 1 is 0.793 bits per heavy atom. The number of rotatable bonds is 8. The van der Waals surface area contributed by atoms with Gasteiger partial charge in [-0.1, -0.05) is 61.0 Å². The Morgan fingerprint density at radius 3 is 2.29 bits per heavy atom. The van der Waals surface area contributed by atoms with E-state index in [9.17, 15) is 14.7 Å². The third-order valence-electron chi connectivity index (χ3n) is 13.9. The van der Waals surface area contributed by atoms with Crippen LogP contribution in [-0.4, -0.2) is 101 Å². The van der Waals surface area contributed by atoms with E-state index in [2.05, 4.69) is 83.6 Å². The van der Waals surface area contributed by atoms with Gasteiger partial charge in [-0.2, -0.15) is 10.2 Å². The summed E-state index contributed by atoms with van der Waals surface area (Å²) in [6, 6.07) is 28.3. The number of carbonyl (C=O) groups is 3. The number of benzene rings is 3. The van der Waals surface area contributed by atoms with Crippen LogP contribution in [0.2, 0.25) is 0 Å². The number of hydrogen-bond donors (Lipinski definition) is 2. The summed E-state index contributed by atoms with van der Waals surface area (Å²) in [4.78, 5) is 49.1. The fourth-order valence-electron chi connectivity index (χ4n) is 10.6. The Balaban J connectivity index is 0.851. The number of fused-ring (bicyclic) bond motifs is 3.